The standard InChI is InChI=1S/C9H5Cl2FS/c10-3-5-4-13-9-2-7(11)8(12)1-6(5)9/h1-2,4H,3H2. The molecule has 0 aliphatic heterocycles. The van der Waals surface area contributed by atoms with Gasteiger partial charge in [0.15, 0.2) is 0 Å². The van der Waals surface area contributed by atoms with Gasteiger partial charge in [-0.3, -0.25) is 0 Å². The summed E-state index contributed by atoms with van der Waals surface area (Å²) in [5.74, 6) is 0.0140. The van der Waals surface area contributed by atoms with Crippen LogP contribution in [0.1, 0.15) is 5.56 Å². The Hall–Kier alpha value is -0.310. The fourth-order valence-corrected chi connectivity index (χ4v) is 2.70. The molecule has 13 heavy (non-hydrogen) atoms. The van der Waals surface area contributed by atoms with E-state index in [2.05, 4.69) is 0 Å². The van der Waals surface area contributed by atoms with Gasteiger partial charge in [-0.2, -0.15) is 0 Å². The molecule has 0 N–H and O–H groups in total. The largest absolute Gasteiger partial charge is 0.205 e. The molecule has 0 unspecified atom stereocenters. The van der Waals surface area contributed by atoms with Crippen molar-refractivity contribution in [3.63, 3.8) is 0 Å². The molecular weight excluding hydrogens is 230 g/mol. The van der Waals surface area contributed by atoms with Crippen LogP contribution in [0.2, 0.25) is 5.02 Å². The number of thiophene rings is 1. The molecule has 0 nitrogen and oxygen atoms in total. The van der Waals surface area contributed by atoms with E-state index in [1.54, 1.807) is 6.07 Å². The highest BCUT2D eigenvalue weighted by molar-refractivity contribution is 7.17. The Morgan fingerprint density at radius 3 is 2.85 bits per heavy atom. The van der Waals surface area contributed by atoms with Gasteiger partial charge in [0.2, 0.25) is 0 Å². The van der Waals surface area contributed by atoms with E-state index in [-0.39, 0.29) is 10.8 Å². The predicted octanol–water partition coefficient (Wildman–Crippen LogP) is 4.43. The van der Waals surface area contributed by atoms with Crippen LogP contribution in [0.3, 0.4) is 0 Å². The van der Waals surface area contributed by atoms with Gasteiger partial charge in [-0.05, 0) is 28.5 Å². The third-order valence-corrected chi connectivity index (χ3v) is 3.41. The van der Waals surface area contributed by atoms with E-state index in [1.165, 1.54) is 17.4 Å². The average Bonchev–Trinajstić information content (AvgIpc) is 2.48. The molecule has 0 bridgehead atoms. The summed E-state index contributed by atoms with van der Waals surface area (Å²) in [5, 5.41) is 2.95. The van der Waals surface area contributed by atoms with Gasteiger partial charge in [-0.15, -0.1) is 22.9 Å². The fourth-order valence-electron chi connectivity index (χ4n) is 1.18. The van der Waals surface area contributed by atoms with Crippen molar-refractivity contribution in [1.82, 2.24) is 0 Å². The average molecular weight is 235 g/mol. The zero-order chi connectivity index (χ0) is 9.42. The van der Waals surface area contributed by atoms with Crippen molar-refractivity contribution in [2.24, 2.45) is 0 Å². The molecule has 0 saturated heterocycles. The first-order valence-corrected chi connectivity index (χ1v) is 5.42. The summed E-state index contributed by atoms with van der Waals surface area (Å²) in [6.45, 7) is 0. The van der Waals surface area contributed by atoms with Gasteiger partial charge in [-0.1, -0.05) is 11.6 Å². The van der Waals surface area contributed by atoms with Crippen molar-refractivity contribution in [2.75, 3.05) is 0 Å². The van der Waals surface area contributed by atoms with E-state index >= 15 is 0 Å². The molecule has 1 heterocycles. The van der Waals surface area contributed by atoms with Gasteiger partial charge in [0.25, 0.3) is 0 Å². The van der Waals surface area contributed by atoms with Crippen LogP contribution in [-0.4, -0.2) is 0 Å². The van der Waals surface area contributed by atoms with Gasteiger partial charge in [0.05, 0.1) is 5.02 Å². The van der Waals surface area contributed by atoms with Gasteiger partial charge in [0.1, 0.15) is 5.82 Å². The summed E-state index contributed by atoms with van der Waals surface area (Å²) < 4.78 is 14.0. The summed E-state index contributed by atoms with van der Waals surface area (Å²) in [6.07, 6.45) is 0. The van der Waals surface area contributed by atoms with Gasteiger partial charge in [-0.25, -0.2) is 4.39 Å². The third-order valence-electron chi connectivity index (χ3n) is 1.84. The number of halogens is 3. The lowest BCUT2D eigenvalue weighted by molar-refractivity contribution is 0.630. The zero-order valence-electron chi connectivity index (χ0n) is 6.48. The van der Waals surface area contributed by atoms with Gasteiger partial charge in [0, 0.05) is 10.6 Å². The van der Waals surface area contributed by atoms with Crippen LogP contribution < -0.4 is 0 Å². The molecule has 68 valence electrons. The highest BCUT2D eigenvalue weighted by Gasteiger charge is 2.07. The second kappa shape index (κ2) is 3.45. The van der Waals surface area contributed by atoms with Crippen molar-refractivity contribution in [1.29, 1.82) is 0 Å². The molecule has 2 aromatic rings. The van der Waals surface area contributed by atoms with Gasteiger partial charge < -0.3 is 0 Å². The third kappa shape index (κ3) is 1.54. The van der Waals surface area contributed by atoms with E-state index < -0.39 is 0 Å². The first-order chi connectivity index (χ1) is 6.22. The summed E-state index contributed by atoms with van der Waals surface area (Å²) in [5.41, 5.74) is 0.956. The van der Waals surface area contributed by atoms with E-state index in [9.17, 15) is 4.39 Å². The Morgan fingerprint density at radius 2 is 2.15 bits per heavy atom. The summed E-state index contributed by atoms with van der Waals surface area (Å²) in [6, 6.07) is 3.07. The van der Waals surface area contributed by atoms with E-state index in [0.717, 1.165) is 15.6 Å². The van der Waals surface area contributed by atoms with Crippen LogP contribution in [0.4, 0.5) is 4.39 Å². The van der Waals surface area contributed by atoms with Crippen molar-refractivity contribution < 1.29 is 4.39 Å². The maximum Gasteiger partial charge on any atom is 0.142 e. The maximum absolute atomic E-state index is 13.1. The lowest BCUT2D eigenvalue weighted by Crippen LogP contribution is -1.78. The monoisotopic (exact) mass is 234 g/mol. The molecule has 0 aliphatic carbocycles. The Bertz CT molecular complexity index is 450. The van der Waals surface area contributed by atoms with E-state index in [4.69, 9.17) is 23.2 Å². The van der Waals surface area contributed by atoms with Crippen LogP contribution in [0.25, 0.3) is 10.1 Å². The normalized spacial score (nSPS) is 11.0. The number of benzene rings is 1. The summed E-state index contributed by atoms with van der Waals surface area (Å²) in [4.78, 5) is 0. The first kappa shape index (κ1) is 9.25. The summed E-state index contributed by atoms with van der Waals surface area (Å²) >= 11 is 12.9. The molecule has 2 rings (SSSR count). The molecule has 1 aromatic carbocycles. The van der Waals surface area contributed by atoms with Crippen molar-refractivity contribution in [3.8, 4) is 0 Å². The summed E-state index contributed by atoms with van der Waals surface area (Å²) in [7, 11) is 0. The molecular formula is C9H5Cl2FS. The Labute approximate surface area is 88.9 Å². The Balaban J connectivity index is 2.77. The Kier molecular flexibility index (Phi) is 2.45. The zero-order valence-corrected chi connectivity index (χ0v) is 8.81. The molecule has 0 atom stereocenters. The van der Waals surface area contributed by atoms with Crippen LogP contribution in [0.15, 0.2) is 17.5 Å². The number of alkyl halides is 1. The van der Waals surface area contributed by atoms with Crippen LogP contribution in [0.5, 0.6) is 0 Å². The lowest BCUT2D eigenvalue weighted by Gasteiger charge is -1.96. The lowest BCUT2D eigenvalue weighted by atomic mass is 10.2. The van der Waals surface area contributed by atoms with Crippen LogP contribution >= 0.6 is 34.5 Å². The molecule has 0 spiro atoms. The molecule has 1 aromatic heterocycles. The molecule has 4 heteroatoms. The smallest absolute Gasteiger partial charge is 0.142 e. The Morgan fingerprint density at radius 1 is 1.38 bits per heavy atom. The minimum absolute atomic E-state index is 0.162. The van der Waals surface area contributed by atoms with Crippen molar-refractivity contribution in [3.05, 3.63) is 33.9 Å². The van der Waals surface area contributed by atoms with Gasteiger partial charge >= 0.3 is 0 Å². The van der Waals surface area contributed by atoms with Crippen molar-refractivity contribution >= 4 is 44.6 Å². The van der Waals surface area contributed by atoms with E-state index in [0.29, 0.717) is 5.88 Å². The maximum atomic E-state index is 13.1. The fraction of sp³-hybridized carbons (Fsp3) is 0.111. The quantitative estimate of drug-likeness (QED) is 0.641. The van der Waals surface area contributed by atoms with E-state index in [1.807, 2.05) is 5.38 Å². The number of rotatable bonds is 1. The minimum atomic E-state index is -0.390. The van der Waals surface area contributed by atoms with Crippen molar-refractivity contribution in [2.45, 2.75) is 5.88 Å². The van der Waals surface area contributed by atoms with Crippen LogP contribution in [-0.2, 0) is 5.88 Å². The number of hydrogen-bond donors (Lipinski definition) is 0. The topological polar surface area (TPSA) is 0 Å². The second-order valence-electron chi connectivity index (χ2n) is 2.66. The molecule has 0 aliphatic rings. The highest BCUT2D eigenvalue weighted by Crippen LogP contribution is 2.31. The number of fused-ring (bicyclic) bond motifs is 1. The second-order valence-corrected chi connectivity index (χ2v) is 4.24. The molecule has 0 amide bonds. The molecule has 0 saturated carbocycles. The SMILES string of the molecule is Fc1cc2c(CCl)csc2cc1Cl. The predicted molar refractivity (Wildman–Crippen MR) is 56.4 cm³/mol. The molecule has 0 radical (unpaired) electrons. The first-order valence-electron chi connectivity index (χ1n) is 3.63. The minimum Gasteiger partial charge on any atom is -0.205 e. The van der Waals surface area contributed by atoms with Crippen LogP contribution in [0, 0.1) is 5.82 Å². The highest BCUT2D eigenvalue weighted by atomic mass is 35.5. The number of hydrogen-bond acceptors (Lipinski definition) is 1. The molecule has 0 fully saturated rings.